The number of nitrogens with zero attached hydrogens (tertiary/aromatic N) is 1. The number of carbonyl (C=O) groups excluding carboxylic acids is 2. The van der Waals surface area contributed by atoms with Gasteiger partial charge in [0.05, 0.1) is 19.0 Å². The van der Waals surface area contributed by atoms with Crippen molar-refractivity contribution in [2.24, 2.45) is 17.8 Å². The van der Waals surface area contributed by atoms with Gasteiger partial charge in [-0.15, -0.1) is 5.48 Å². The number of ether oxygens (including phenoxy) is 1. The molecule has 1 aromatic heterocycles. The Hall–Kier alpha value is -2.83. The van der Waals surface area contributed by atoms with E-state index in [1.807, 2.05) is 30.6 Å². The molecule has 4 fully saturated rings. The van der Waals surface area contributed by atoms with Gasteiger partial charge < -0.3 is 4.74 Å². The van der Waals surface area contributed by atoms with Gasteiger partial charge in [-0.2, -0.15) is 0 Å². The zero-order chi connectivity index (χ0) is 25.0. The third-order valence-electron chi connectivity index (χ3n) is 8.68. The smallest absolute Gasteiger partial charge is 0.497 e. The van der Waals surface area contributed by atoms with Gasteiger partial charge in [0.15, 0.2) is 0 Å². The van der Waals surface area contributed by atoms with Gasteiger partial charge in [0.2, 0.25) is 0 Å². The monoisotopic (exact) mass is 507 g/mol. The van der Waals surface area contributed by atoms with Crippen molar-refractivity contribution in [1.29, 1.82) is 0 Å². The maximum absolute atomic E-state index is 13.5. The van der Waals surface area contributed by atoms with Crippen molar-refractivity contribution < 1.29 is 24.6 Å². The molecule has 0 amide bonds. The summed E-state index contributed by atoms with van der Waals surface area (Å²) in [5, 5.41) is 1.39. The van der Waals surface area contributed by atoms with Crippen LogP contribution in [0.4, 0.5) is 0 Å². The van der Waals surface area contributed by atoms with Gasteiger partial charge in [-0.25, -0.2) is 9.36 Å². The molecule has 2 N–H and O–H groups in total. The molecule has 6 nitrogen and oxygen atoms in total. The minimum atomic E-state index is -0.283. The van der Waals surface area contributed by atoms with Crippen LogP contribution in [0.15, 0.2) is 42.5 Å². The van der Waals surface area contributed by atoms with Gasteiger partial charge in [-0.3, -0.25) is 4.84 Å². The fraction of sp³-hybridized carbons (Fsp3) is 0.448. The summed E-state index contributed by atoms with van der Waals surface area (Å²) in [6.07, 6.45) is 7.60. The van der Waals surface area contributed by atoms with Crippen LogP contribution in [0.3, 0.4) is 0 Å². The van der Waals surface area contributed by atoms with Gasteiger partial charge in [-0.05, 0) is 92.0 Å². The second-order valence-electron chi connectivity index (χ2n) is 11.2. The van der Waals surface area contributed by atoms with E-state index in [2.05, 4.69) is 0 Å². The highest BCUT2D eigenvalue weighted by Crippen LogP contribution is 2.54. The molecule has 1 heterocycles. The Labute approximate surface area is 215 Å². The number of rotatable bonds is 6. The Balaban J connectivity index is 1.27. The first-order valence-electron chi connectivity index (χ1n) is 12.9. The van der Waals surface area contributed by atoms with Crippen molar-refractivity contribution in [3.05, 3.63) is 64.3 Å². The predicted molar refractivity (Wildman–Crippen MR) is 137 cm³/mol. The first-order valence-corrected chi connectivity index (χ1v) is 13.2. The molecule has 7 rings (SSSR count). The van der Waals surface area contributed by atoms with Crippen LogP contribution in [-0.2, 0) is 16.1 Å². The van der Waals surface area contributed by atoms with Crippen LogP contribution in [0.1, 0.15) is 60.1 Å². The minimum absolute atomic E-state index is 0.0568. The molecular weight excluding hydrogens is 476 g/mol. The Kier molecular flexibility index (Phi) is 5.84. The van der Waals surface area contributed by atoms with Crippen LogP contribution in [0, 0.1) is 24.7 Å². The number of nitrogens with two attached hydrogens (primary N) is 1. The summed E-state index contributed by atoms with van der Waals surface area (Å²) in [5.74, 6) is 2.59. The molecule has 187 valence electrons. The van der Waals surface area contributed by atoms with Crippen LogP contribution in [0.5, 0.6) is 5.75 Å². The molecule has 1 radical (unpaired) electrons. The van der Waals surface area contributed by atoms with Crippen LogP contribution in [0.2, 0.25) is 5.02 Å². The van der Waals surface area contributed by atoms with E-state index in [4.69, 9.17) is 21.2 Å². The lowest BCUT2D eigenvalue weighted by Crippen LogP contribution is -2.98. The summed E-state index contributed by atoms with van der Waals surface area (Å²) in [7, 11) is 1.61. The van der Waals surface area contributed by atoms with Crippen LogP contribution < -0.4 is 10.2 Å². The maximum Gasteiger partial charge on any atom is 0.583 e. The molecular formula is C29H32ClN2O4+2. The maximum atomic E-state index is 13.5. The molecule has 36 heavy (non-hydrogen) atoms. The second kappa shape index (κ2) is 8.93. The van der Waals surface area contributed by atoms with Crippen LogP contribution in [-0.4, -0.2) is 29.1 Å². The summed E-state index contributed by atoms with van der Waals surface area (Å²) < 4.78 is 7.11. The second-order valence-corrected chi connectivity index (χ2v) is 11.6. The highest BCUT2D eigenvalue weighted by atomic mass is 35.5. The number of benzene rings is 2. The van der Waals surface area contributed by atoms with E-state index < -0.39 is 0 Å². The molecule has 0 spiro atoms. The lowest BCUT2D eigenvalue weighted by Gasteiger charge is -2.53. The van der Waals surface area contributed by atoms with E-state index in [0.29, 0.717) is 16.3 Å². The number of fused-ring (bicyclic) bond motifs is 1. The molecule has 4 aliphatic rings. The summed E-state index contributed by atoms with van der Waals surface area (Å²) in [4.78, 5) is 32.5. The van der Waals surface area contributed by atoms with E-state index in [9.17, 15) is 9.59 Å². The van der Waals surface area contributed by atoms with Gasteiger partial charge in [-0.1, -0.05) is 11.6 Å². The SMILES string of the molecule is COc1ccc2c(c1)c(CC(=O)O[NH2+]C13CC4CC(CC(C4)C1)C3)c(C)n2C(=[O+])c1ccc(Cl)cc1. The van der Waals surface area contributed by atoms with Crippen molar-refractivity contribution in [1.82, 2.24) is 4.57 Å². The molecule has 3 aromatic rings. The highest BCUT2D eigenvalue weighted by Gasteiger charge is 2.54. The molecule has 4 bridgehead atoms. The third-order valence-corrected chi connectivity index (χ3v) is 8.94. The number of methoxy groups -OCH3 is 1. The number of quaternary nitrogens is 1. The number of hydrogen-bond acceptors (Lipinski definition) is 4. The van der Waals surface area contributed by atoms with Crippen LogP contribution >= 0.6 is 11.6 Å². The first kappa shape index (κ1) is 23.6. The van der Waals surface area contributed by atoms with Gasteiger partial charge in [0, 0.05) is 35.4 Å². The topological polar surface area (TPSA) is 77.0 Å². The summed E-state index contributed by atoms with van der Waals surface area (Å²) >= 11 is 6.03. The van der Waals surface area contributed by atoms with Crippen molar-refractivity contribution >= 4 is 34.4 Å². The standard InChI is InChI=1S/C29H31ClN2O4/c1-17-24(13-27(33)36-31-29-14-18-9-19(15-29)11-20(10-18)16-29)25-12-23(35-2)7-8-26(25)32(17)28(34)21-3-5-22(30)6-4-21/h3-8,12,18-20,31H,9-11,13-16H2,1-2H3/q+1/p+1. The Morgan fingerprint density at radius 3 is 2.33 bits per heavy atom. The largest absolute Gasteiger partial charge is 0.583 e. The van der Waals surface area contributed by atoms with E-state index in [0.717, 1.165) is 59.2 Å². The predicted octanol–water partition coefficient (Wildman–Crippen LogP) is 4.83. The number of aromatic nitrogens is 1. The van der Waals surface area contributed by atoms with Crippen molar-refractivity contribution in [3.63, 3.8) is 0 Å². The zero-order valence-electron chi connectivity index (χ0n) is 20.8. The Bertz CT molecular complexity index is 1310. The minimum Gasteiger partial charge on any atom is -0.497 e. The number of carbonyl (C=O) groups is 2. The highest BCUT2D eigenvalue weighted by molar-refractivity contribution is 6.30. The lowest BCUT2D eigenvalue weighted by atomic mass is 9.53. The van der Waals surface area contributed by atoms with Crippen LogP contribution in [0.25, 0.3) is 10.9 Å². The average Bonchev–Trinajstić information content (AvgIpc) is 3.12. The molecule has 7 heteroatoms. The van der Waals surface area contributed by atoms with E-state index in [-0.39, 0.29) is 23.8 Å². The van der Waals surface area contributed by atoms with E-state index >= 15 is 0 Å². The van der Waals surface area contributed by atoms with Crippen molar-refractivity contribution in [3.8, 4) is 5.75 Å². The number of halogens is 1. The van der Waals surface area contributed by atoms with Crippen molar-refractivity contribution in [2.75, 3.05) is 7.11 Å². The Morgan fingerprint density at radius 1 is 1.08 bits per heavy atom. The fourth-order valence-electron chi connectivity index (χ4n) is 7.49. The summed E-state index contributed by atoms with van der Waals surface area (Å²) in [5.41, 5.74) is 4.72. The summed E-state index contributed by atoms with van der Waals surface area (Å²) in [6, 6.07) is 12.4. The number of hydroxylamine groups is 1. The average molecular weight is 508 g/mol. The molecule has 4 saturated carbocycles. The molecule has 2 aromatic carbocycles. The van der Waals surface area contributed by atoms with Gasteiger partial charge >= 0.3 is 11.9 Å². The quantitative estimate of drug-likeness (QED) is 0.383. The van der Waals surface area contributed by atoms with Gasteiger partial charge in [0.25, 0.3) is 4.79 Å². The van der Waals surface area contributed by atoms with Crippen molar-refractivity contribution in [2.45, 2.75) is 57.4 Å². The fourth-order valence-corrected chi connectivity index (χ4v) is 7.62. The molecule has 0 unspecified atom stereocenters. The third kappa shape index (κ3) is 4.10. The molecule has 0 aliphatic heterocycles. The summed E-state index contributed by atoms with van der Waals surface area (Å²) in [6.45, 7) is 1.88. The van der Waals surface area contributed by atoms with Gasteiger partial charge in [0.1, 0.15) is 16.9 Å². The lowest BCUT2D eigenvalue weighted by molar-refractivity contribution is -0.927. The first-order chi connectivity index (χ1) is 17.3. The normalized spacial score (nSPS) is 26.4. The number of hydrogen-bond donors (Lipinski definition) is 1. The zero-order valence-corrected chi connectivity index (χ0v) is 21.5. The van der Waals surface area contributed by atoms with E-state index in [1.54, 1.807) is 35.9 Å². The molecule has 0 atom stereocenters. The Morgan fingerprint density at radius 2 is 1.72 bits per heavy atom. The molecule has 4 aliphatic carbocycles. The molecule has 0 saturated heterocycles. The van der Waals surface area contributed by atoms with E-state index in [1.165, 1.54) is 19.3 Å².